The highest BCUT2D eigenvalue weighted by atomic mass is 32.2. The lowest BCUT2D eigenvalue weighted by Gasteiger charge is -2.36. The number of esters is 1. The van der Waals surface area contributed by atoms with E-state index in [0.717, 1.165) is 0 Å². The molecule has 1 saturated heterocycles. The van der Waals surface area contributed by atoms with Gasteiger partial charge in [-0.15, -0.1) is 0 Å². The van der Waals surface area contributed by atoms with E-state index < -0.39 is 21.7 Å². The maximum absolute atomic E-state index is 13.1. The van der Waals surface area contributed by atoms with Crippen LogP contribution in [0, 0.1) is 0 Å². The zero-order valence-corrected chi connectivity index (χ0v) is 19.2. The van der Waals surface area contributed by atoms with E-state index >= 15 is 0 Å². The first-order valence-electron chi connectivity index (χ1n) is 10.6. The summed E-state index contributed by atoms with van der Waals surface area (Å²) in [6.07, 6.45) is 0.719. The molecule has 2 aromatic rings. The van der Waals surface area contributed by atoms with Gasteiger partial charge in [0.1, 0.15) is 17.1 Å². The summed E-state index contributed by atoms with van der Waals surface area (Å²) >= 11 is 0. The number of aliphatic imine (C=N–C) groups is 1. The summed E-state index contributed by atoms with van der Waals surface area (Å²) in [6, 6.07) is 12.8. The van der Waals surface area contributed by atoms with Crippen molar-refractivity contribution < 1.29 is 27.5 Å². The maximum Gasteiger partial charge on any atom is 0.338 e. The molecule has 2 heterocycles. The van der Waals surface area contributed by atoms with Crippen LogP contribution in [0.25, 0.3) is 0 Å². The fraction of sp³-hybridized carbons (Fsp3) is 0.348. The number of sulfonamides is 1. The van der Waals surface area contributed by atoms with E-state index in [9.17, 15) is 18.0 Å². The van der Waals surface area contributed by atoms with Crippen LogP contribution in [0.2, 0.25) is 0 Å². The van der Waals surface area contributed by atoms with Crippen LogP contribution < -0.4 is 10.1 Å². The van der Waals surface area contributed by atoms with Gasteiger partial charge in [-0.05, 0) is 55.5 Å². The van der Waals surface area contributed by atoms with Gasteiger partial charge in [0.15, 0.2) is 0 Å². The number of nitrogens with one attached hydrogen (secondary N) is 1. The standard InChI is InChI=1S/C23H25N3O6S/c1-3-32-22(28)17-6-10-19(11-7-17)33(29,30)26-14-12-23(13-15-26)24-20(21(27)25-23)16-4-8-18(31-2)9-5-16/h4-11H,3,12-15H2,1-2H3,(H,25,27). The molecule has 0 radical (unpaired) electrons. The Hall–Kier alpha value is -3.24. The molecule has 1 fully saturated rings. The van der Waals surface area contributed by atoms with E-state index in [0.29, 0.717) is 35.4 Å². The Morgan fingerprint density at radius 2 is 1.73 bits per heavy atom. The average molecular weight is 472 g/mol. The number of carbonyl (C=O) groups excluding carboxylic acids is 2. The molecule has 0 bridgehead atoms. The van der Waals surface area contributed by atoms with Crippen LogP contribution in [0.3, 0.4) is 0 Å². The minimum absolute atomic E-state index is 0.101. The smallest absolute Gasteiger partial charge is 0.338 e. The predicted molar refractivity (Wildman–Crippen MR) is 121 cm³/mol. The normalized spacial score (nSPS) is 18.0. The number of benzene rings is 2. The Balaban J connectivity index is 1.47. The van der Waals surface area contributed by atoms with E-state index in [4.69, 9.17) is 9.47 Å². The first-order valence-corrected chi connectivity index (χ1v) is 12.1. The van der Waals surface area contributed by atoms with E-state index in [2.05, 4.69) is 10.3 Å². The van der Waals surface area contributed by atoms with E-state index in [1.54, 1.807) is 38.3 Å². The van der Waals surface area contributed by atoms with Crippen LogP contribution in [0.1, 0.15) is 35.7 Å². The maximum atomic E-state index is 13.1. The molecular formula is C23H25N3O6S. The number of carbonyl (C=O) groups is 2. The molecule has 1 N–H and O–H groups in total. The van der Waals surface area contributed by atoms with Crippen LogP contribution in [0.4, 0.5) is 0 Å². The number of ether oxygens (including phenoxy) is 2. The van der Waals surface area contributed by atoms with Gasteiger partial charge >= 0.3 is 5.97 Å². The zero-order chi connectivity index (χ0) is 23.6. The van der Waals surface area contributed by atoms with Crippen molar-refractivity contribution in [2.75, 3.05) is 26.8 Å². The molecule has 0 aliphatic carbocycles. The van der Waals surface area contributed by atoms with Crippen LogP contribution >= 0.6 is 0 Å². The Labute approximate surface area is 192 Å². The molecule has 0 aromatic heterocycles. The Morgan fingerprint density at radius 3 is 2.30 bits per heavy atom. The fourth-order valence-corrected chi connectivity index (χ4v) is 5.41. The van der Waals surface area contributed by atoms with Gasteiger partial charge < -0.3 is 14.8 Å². The van der Waals surface area contributed by atoms with Crippen molar-refractivity contribution >= 4 is 27.6 Å². The third-order valence-corrected chi connectivity index (χ3v) is 7.72. The Kier molecular flexibility index (Phi) is 6.22. The summed E-state index contributed by atoms with van der Waals surface area (Å²) in [5.41, 5.74) is 0.500. The molecule has 0 atom stereocenters. The second-order valence-electron chi connectivity index (χ2n) is 7.82. The van der Waals surface area contributed by atoms with Crippen molar-refractivity contribution in [1.29, 1.82) is 0 Å². The lowest BCUT2D eigenvalue weighted by atomic mass is 10.00. The van der Waals surface area contributed by atoms with Crippen molar-refractivity contribution in [3.05, 3.63) is 59.7 Å². The van der Waals surface area contributed by atoms with Gasteiger partial charge in [0.2, 0.25) is 10.0 Å². The molecule has 10 heteroatoms. The SMILES string of the molecule is CCOC(=O)c1ccc(S(=O)(=O)N2CCC3(CC2)N=C(c2ccc(OC)cc2)C(=O)N3)cc1. The zero-order valence-electron chi connectivity index (χ0n) is 18.4. The van der Waals surface area contributed by atoms with Gasteiger partial charge in [0.25, 0.3) is 5.91 Å². The highest BCUT2D eigenvalue weighted by molar-refractivity contribution is 7.89. The largest absolute Gasteiger partial charge is 0.497 e. The van der Waals surface area contributed by atoms with E-state index in [1.807, 2.05) is 0 Å². The van der Waals surface area contributed by atoms with Gasteiger partial charge in [0, 0.05) is 31.5 Å². The third-order valence-electron chi connectivity index (χ3n) is 5.80. The van der Waals surface area contributed by atoms with Crippen LogP contribution in [-0.2, 0) is 19.6 Å². The van der Waals surface area contributed by atoms with E-state index in [1.165, 1.54) is 28.6 Å². The van der Waals surface area contributed by atoms with Crippen LogP contribution in [-0.4, -0.2) is 62.8 Å². The summed E-state index contributed by atoms with van der Waals surface area (Å²) < 4.78 is 37.6. The van der Waals surface area contributed by atoms with Gasteiger partial charge in [-0.2, -0.15) is 4.31 Å². The Bertz CT molecular complexity index is 1180. The average Bonchev–Trinajstić information content (AvgIpc) is 3.15. The minimum atomic E-state index is -3.74. The molecule has 33 heavy (non-hydrogen) atoms. The first-order chi connectivity index (χ1) is 15.8. The molecule has 2 aliphatic rings. The molecule has 174 valence electrons. The van der Waals surface area contributed by atoms with E-state index in [-0.39, 0.29) is 30.5 Å². The number of amides is 1. The Morgan fingerprint density at radius 1 is 1.09 bits per heavy atom. The minimum Gasteiger partial charge on any atom is -0.497 e. The van der Waals surface area contributed by atoms with Crippen molar-refractivity contribution in [1.82, 2.24) is 9.62 Å². The molecule has 0 saturated carbocycles. The van der Waals surface area contributed by atoms with Crippen LogP contribution in [0.5, 0.6) is 5.75 Å². The number of methoxy groups -OCH3 is 1. The fourth-order valence-electron chi connectivity index (χ4n) is 3.97. The molecule has 9 nitrogen and oxygen atoms in total. The second kappa shape index (κ2) is 8.95. The molecule has 4 rings (SSSR count). The van der Waals surface area contributed by atoms with Gasteiger partial charge in [-0.1, -0.05) is 0 Å². The van der Waals surface area contributed by atoms with Crippen LogP contribution in [0.15, 0.2) is 58.4 Å². The number of hydrogen-bond acceptors (Lipinski definition) is 7. The summed E-state index contributed by atoms with van der Waals surface area (Å²) in [5.74, 6) is -0.0869. The monoisotopic (exact) mass is 471 g/mol. The van der Waals surface area contributed by atoms with Crippen molar-refractivity contribution in [3.8, 4) is 5.75 Å². The summed E-state index contributed by atoms with van der Waals surface area (Å²) in [7, 11) is -2.17. The molecule has 2 aromatic carbocycles. The third kappa shape index (κ3) is 4.49. The number of nitrogens with zero attached hydrogens (tertiary/aromatic N) is 2. The topological polar surface area (TPSA) is 114 Å². The lowest BCUT2D eigenvalue weighted by Crippen LogP contribution is -2.52. The molecule has 2 aliphatic heterocycles. The number of hydrogen-bond donors (Lipinski definition) is 1. The number of piperidine rings is 1. The van der Waals surface area contributed by atoms with Crippen molar-refractivity contribution in [2.24, 2.45) is 4.99 Å². The predicted octanol–water partition coefficient (Wildman–Crippen LogP) is 1.97. The molecule has 1 spiro atoms. The lowest BCUT2D eigenvalue weighted by molar-refractivity contribution is -0.115. The van der Waals surface area contributed by atoms with Gasteiger partial charge in [-0.25, -0.2) is 13.2 Å². The highest BCUT2D eigenvalue weighted by Crippen LogP contribution is 2.31. The summed E-state index contributed by atoms with van der Waals surface area (Å²) in [5, 5.41) is 2.94. The molecule has 0 unspecified atom stereocenters. The number of rotatable bonds is 6. The molecular weight excluding hydrogens is 446 g/mol. The first kappa shape index (κ1) is 22.9. The quantitative estimate of drug-likeness (QED) is 0.645. The van der Waals surface area contributed by atoms with Gasteiger partial charge in [-0.3, -0.25) is 9.79 Å². The second-order valence-corrected chi connectivity index (χ2v) is 9.76. The summed E-state index contributed by atoms with van der Waals surface area (Å²) in [4.78, 5) is 29.2. The highest BCUT2D eigenvalue weighted by Gasteiger charge is 2.44. The van der Waals surface area contributed by atoms with Crippen molar-refractivity contribution in [2.45, 2.75) is 30.3 Å². The molecule has 1 amide bonds. The van der Waals surface area contributed by atoms with Gasteiger partial charge in [0.05, 0.1) is 24.2 Å². The van der Waals surface area contributed by atoms with Crippen molar-refractivity contribution in [3.63, 3.8) is 0 Å². The summed E-state index contributed by atoms with van der Waals surface area (Å²) in [6.45, 7) is 2.37.